The summed E-state index contributed by atoms with van der Waals surface area (Å²) >= 11 is 0. The predicted octanol–water partition coefficient (Wildman–Crippen LogP) is 2.23. The molecule has 2 aromatic carbocycles. The predicted molar refractivity (Wildman–Crippen MR) is 102 cm³/mol. The van der Waals surface area contributed by atoms with Gasteiger partial charge in [-0.2, -0.15) is 5.10 Å². The van der Waals surface area contributed by atoms with Crippen LogP contribution in [0.15, 0.2) is 64.3 Å². The Hall–Kier alpha value is -2.97. The van der Waals surface area contributed by atoms with Gasteiger partial charge in [-0.05, 0) is 42.3 Å². The van der Waals surface area contributed by atoms with E-state index in [2.05, 4.69) is 14.9 Å². The number of hydrogen-bond acceptors (Lipinski definition) is 5. The lowest BCUT2D eigenvalue weighted by molar-refractivity contribution is 0.414. The zero-order valence-electron chi connectivity index (χ0n) is 14.9. The number of hydrogen-bond donors (Lipinski definition) is 2. The first-order chi connectivity index (χ1) is 12.9. The Bertz CT molecular complexity index is 1100. The highest BCUT2D eigenvalue weighted by Crippen LogP contribution is 2.23. The Balaban J connectivity index is 1.88. The minimum Gasteiger partial charge on any atom is -0.497 e. The maximum atomic E-state index is 12.8. The second-order valence-electron chi connectivity index (χ2n) is 5.96. The number of rotatable bonds is 6. The van der Waals surface area contributed by atoms with Gasteiger partial charge in [0.1, 0.15) is 5.75 Å². The van der Waals surface area contributed by atoms with Crippen molar-refractivity contribution >= 4 is 10.0 Å². The fourth-order valence-corrected chi connectivity index (χ4v) is 3.88. The zero-order valence-corrected chi connectivity index (χ0v) is 15.7. The highest BCUT2D eigenvalue weighted by molar-refractivity contribution is 7.89. The van der Waals surface area contributed by atoms with Crippen molar-refractivity contribution in [2.45, 2.75) is 18.4 Å². The molecule has 0 saturated carbocycles. The third-order valence-corrected chi connectivity index (χ3v) is 5.60. The summed E-state index contributed by atoms with van der Waals surface area (Å²) in [5, 5.41) is 6.29. The first kappa shape index (κ1) is 18.8. The van der Waals surface area contributed by atoms with Crippen molar-refractivity contribution in [3.8, 4) is 17.0 Å². The van der Waals surface area contributed by atoms with Crippen LogP contribution in [0.25, 0.3) is 11.3 Å². The number of aromatic nitrogens is 2. The van der Waals surface area contributed by atoms with Crippen LogP contribution >= 0.6 is 0 Å². The number of ether oxygens (including phenoxy) is 1. The van der Waals surface area contributed by atoms with E-state index >= 15 is 0 Å². The third kappa shape index (κ3) is 4.42. The molecule has 3 rings (SSSR count). The van der Waals surface area contributed by atoms with Gasteiger partial charge in [0.05, 0.1) is 17.7 Å². The van der Waals surface area contributed by atoms with Gasteiger partial charge in [-0.3, -0.25) is 4.79 Å². The summed E-state index contributed by atoms with van der Waals surface area (Å²) in [5.74, 6) is 0.661. The Morgan fingerprint density at radius 2 is 1.93 bits per heavy atom. The topological polar surface area (TPSA) is 101 Å². The molecule has 140 valence electrons. The second kappa shape index (κ2) is 7.73. The molecule has 8 heteroatoms. The Morgan fingerprint density at radius 1 is 1.11 bits per heavy atom. The molecule has 0 aliphatic heterocycles. The number of aromatic amines is 1. The Morgan fingerprint density at radius 3 is 2.63 bits per heavy atom. The van der Waals surface area contributed by atoms with E-state index < -0.39 is 10.0 Å². The minimum atomic E-state index is -3.74. The summed E-state index contributed by atoms with van der Waals surface area (Å²) in [7, 11) is -2.18. The normalized spacial score (nSPS) is 11.3. The molecule has 0 unspecified atom stereocenters. The fraction of sp³-hybridized carbons (Fsp3) is 0.158. The molecular formula is C19H19N3O4S. The second-order valence-corrected chi connectivity index (χ2v) is 7.70. The number of H-pyrrole nitrogens is 1. The minimum absolute atomic E-state index is 0.139. The SMILES string of the molecule is COc1cccc(CNS(=O)(=O)c2cc(-c3ccc(=O)[nH]n3)ccc2C)c1. The van der Waals surface area contributed by atoms with Gasteiger partial charge in [-0.15, -0.1) is 0 Å². The van der Waals surface area contributed by atoms with E-state index in [0.29, 0.717) is 22.6 Å². The average molecular weight is 385 g/mol. The molecule has 0 spiro atoms. The average Bonchev–Trinajstić information content (AvgIpc) is 2.67. The third-order valence-electron chi connectivity index (χ3n) is 4.05. The zero-order chi connectivity index (χ0) is 19.4. The van der Waals surface area contributed by atoms with Crippen molar-refractivity contribution in [3.05, 3.63) is 76.1 Å². The van der Waals surface area contributed by atoms with Crippen LogP contribution in [0.2, 0.25) is 0 Å². The van der Waals surface area contributed by atoms with Gasteiger partial charge in [-0.25, -0.2) is 18.2 Å². The van der Waals surface area contributed by atoms with E-state index in [9.17, 15) is 13.2 Å². The first-order valence-electron chi connectivity index (χ1n) is 8.18. The van der Waals surface area contributed by atoms with Gasteiger partial charge in [0.15, 0.2) is 0 Å². The van der Waals surface area contributed by atoms with Gasteiger partial charge in [-0.1, -0.05) is 24.3 Å². The van der Waals surface area contributed by atoms with Crippen molar-refractivity contribution in [2.75, 3.05) is 7.11 Å². The Labute approximate surface area is 157 Å². The fourth-order valence-electron chi connectivity index (χ4n) is 2.59. The summed E-state index contributed by atoms with van der Waals surface area (Å²) < 4.78 is 33.4. The molecule has 0 fully saturated rings. The van der Waals surface area contributed by atoms with Gasteiger partial charge in [0.2, 0.25) is 10.0 Å². The van der Waals surface area contributed by atoms with E-state index in [1.165, 1.54) is 6.07 Å². The molecule has 0 aliphatic rings. The molecule has 1 aromatic heterocycles. The van der Waals surface area contributed by atoms with E-state index in [0.717, 1.165) is 5.56 Å². The molecule has 0 amide bonds. The van der Waals surface area contributed by atoms with Crippen LogP contribution in [-0.4, -0.2) is 25.7 Å². The summed E-state index contributed by atoms with van der Waals surface area (Å²) in [5.41, 5.74) is 2.16. The Kier molecular flexibility index (Phi) is 5.38. The summed E-state index contributed by atoms with van der Waals surface area (Å²) in [6.07, 6.45) is 0. The van der Waals surface area contributed by atoms with Gasteiger partial charge < -0.3 is 4.74 Å². The molecule has 3 aromatic rings. The first-order valence-corrected chi connectivity index (χ1v) is 9.67. The maximum absolute atomic E-state index is 12.8. The van der Waals surface area contributed by atoms with E-state index in [-0.39, 0.29) is 17.0 Å². The van der Waals surface area contributed by atoms with Gasteiger partial charge in [0.25, 0.3) is 5.56 Å². The molecule has 0 radical (unpaired) electrons. The van der Waals surface area contributed by atoms with Gasteiger partial charge in [0, 0.05) is 18.2 Å². The summed E-state index contributed by atoms with van der Waals surface area (Å²) in [6, 6.07) is 15.1. The van der Waals surface area contributed by atoms with Crippen molar-refractivity contribution in [1.82, 2.24) is 14.9 Å². The monoisotopic (exact) mass is 385 g/mol. The highest BCUT2D eigenvalue weighted by atomic mass is 32.2. The number of nitrogens with one attached hydrogen (secondary N) is 2. The highest BCUT2D eigenvalue weighted by Gasteiger charge is 2.18. The lowest BCUT2D eigenvalue weighted by atomic mass is 10.1. The molecule has 7 nitrogen and oxygen atoms in total. The lowest BCUT2D eigenvalue weighted by Crippen LogP contribution is -2.24. The standard InChI is InChI=1S/C19H19N3O4S/c1-13-6-7-15(17-8-9-19(23)22-21-17)11-18(13)27(24,25)20-12-14-4-3-5-16(10-14)26-2/h3-11,20H,12H2,1-2H3,(H,22,23). The molecule has 2 N–H and O–H groups in total. The molecule has 0 bridgehead atoms. The summed E-state index contributed by atoms with van der Waals surface area (Å²) in [4.78, 5) is 11.3. The maximum Gasteiger partial charge on any atom is 0.264 e. The van der Waals surface area contributed by atoms with Crippen LogP contribution in [0.1, 0.15) is 11.1 Å². The van der Waals surface area contributed by atoms with Gasteiger partial charge >= 0.3 is 0 Å². The molecule has 0 atom stereocenters. The molecular weight excluding hydrogens is 366 g/mol. The van der Waals surface area contributed by atoms with Crippen LogP contribution in [0, 0.1) is 6.92 Å². The van der Waals surface area contributed by atoms with Crippen LogP contribution in [0.3, 0.4) is 0 Å². The van der Waals surface area contributed by atoms with E-state index in [1.54, 1.807) is 56.5 Å². The number of sulfonamides is 1. The molecule has 0 saturated heterocycles. The van der Waals surface area contributed by atoms with Crippen LogP contribution < -0.4 is 15.0 Å². The van der Waals surface area contributed by atoms with E-state index in [4.69, 9.17) is 4.74 Å². The van der Waals surface area contributed by atoms with Crippen LogP contribution in [0.5, 0.6) is 5.75 Å². The molecule has 0 aliphatic carbocycles. The number of nitrogens with zero attached hydrogens (tertiary/aromatic N) is 1. The number of methoxy groups -OCH3 is 1. The number of aryl methyl sites for hydroxylation is 1. The number of benzene rings is 2. The lowest BCUT2D eigenvalue weighted by Gasteiger charge is -2.11. The van der Waals surface area contributed by atoms with Crippen molar-refractivity contribution in [3.63, 3.8) is 0 Å². The van der Waals surface area contributed by atoms with E-state index in [1.807, 2.05) is 6.07 Å². The van der Waals surface area contributed by atoms with Crippen molar-refractivity contribution < 1.29 is 13.2 Å². The van der Waals surface area contributed by atoms with Crippen LogP contribution in [0.4, 0.5) is 0 Å². The van der Waals surface area contributed by atoms with Crippen LogP contribution in [-0.2, 0) is 16.6 Å². The summed E-state index contributed by atoms with van der Waals surface area (Å²) in [6.45, 7) is 1.87. The quantitative estimate of drug-likeness (QED) is 0.678. The smallest absolute Gasteiger partial charge is 0.264 e. The van der Waals surface area contributed by atoms with Crippen molar-refractivity contribution in [1.29, 1.82) is 0 Å². The van der Waals surface area contributed by atoms with Crippen molar-refractivity contribution in [2.24, 2.45) is 0 Å². The molecule has 27 heavy (non-hydrogen) atoms. The largest absolute Gasteiger partial charge is 0.497 e. The molecule has 1 heterocycles.